The van der Waals surface area contributed by atoms with Gasteiger partial charge in [0.1, 0.15) is 10.8 Å². The Morgan fingerprint density at radius 2 is 1.87 bits per heavy atom. The minimum atomic E-state index is -0.325. The second kappa shape index (κ2) is 8.79. The summed E-state index contributed by atoms with van der Waals surface area (Å²) in [7, 11) is 1.57. The Morgan fingerprint density at radius 1 is 1.10 bits per heavy atom. The van der Waals surface area contributed by atoms with E-state index >= 15 is 0 Å². The van der Waals surface area contributed by atoms with E-state index in [0.717, 1.165) is 20.8 Å². The van der Waals surface area contributed by atoms with Crippen LogP contribution in [0.3, 0.4) is 0 Å². The van der Waals surface area contributed by atoms with Crippen LogP contribution in [0.4, 0.5) is 5.69 Å². The van der Waals surface area contributed by atoms with Gasteiger partial charge in [-0.25, -0.2) is 4.98 Å². The first-order valence-electron chi connectivity index (χ1n) is 8.95. The topological polar surface area (TPSA) is 63.2 Å². The summed E-state index contributed by atoms with van der Waals surface area (Å²) in [5.74, 6) is 0.347. The van der Waals surface area contributed by atoms with Crippen molar-refractivity contribution in [1.29, 1.82) is 0 Å². The molecule has 5 nitrogen and oxygen atoms in total. The summed E-state index contributed by atoms with van der Waals surface area (Å²) in [4.78, 5) is 17.1. The van der Waals surface area contributed by atoms with Crippen molar-refractivity contribution in [3.8, 4) is 16.3 Å². The van der Waals surface area contributed by atoms with E-state index in [-0.39, 0.29) is 11.0 Å². The van der Waals surface area contributed by atoms with E-state index in [1.807, 2.05) is 36.4 Å². The fourth-order valence-corrected chi connectivity index (χ4v) is 4.15. The molecular weight excluding hydrogens is 438 g/mol. The predicted molar refractivity (Wildman–Crippen MR) is 127 cm³/mol. The van der Waals surface area contributed by atoms with Gasteiger partial charge in [0.25, 0.3) is 5.91 Å². The third-order valence-electron chi connectivity index (χ3n) is 4.33. The third kappa shape index (κ3) is 4.43. The predicted octanol–water partition coefficient (Wildman–Crippen LogP) is 5.75. The van der Waals surface area contributed by atoms with Crippen LogP contribution in [0, 0.1) is 0 Å². The minimum Gasteiger partial charge on any atom is -0.497 e. The number of halogens is 1. The number of hydrogen-bond donors (Lipinski definition) is 2. The number of thiazole rings is 1. The Hall–Kier alpha value is -3.00. The molecule has 1 amide bonds. The maximum atomic E-state index is 12.4. The molecule has 1 aromatic heterocycles. The Bertz CT molecular complexity index is 1210. The van der Waals surface area contributed by atoms with Crippen LogP contribution in [0.15, 0.2) is 66.7 Å². The molecule has 0 aliphatic rings. The van der Waals surface area contributed by atoms with E-state index in [4.69, 9.17) is 28.6 Å². The molecule has 0 spiro atoms. The number of carbonyl (C=O) groups excluding carboxylic acids is 1. The third-order valence-corrected chi connectivity index (χ3v) is 5.95. The maximum Gasteiger partial charge on any atom is 0.257 e. The maximum absolute atomic E-state index is 12.4. The van der Waals surface area contributed by atoms with E-state index in [1.165, 1.54) is 0 Å². The highest BCUT2D eigenvalue weighted by atomic mass is 35.5. The standard InChI is InChI=1S/C22H16ClN3O2S2/c1-28-15-9-6-13(7-10-15)20(27)26-22(29)25-18-12-14(8-11-16(18)23)21-24-17-4-2-3-5-19(17)30-21/h2-12H,1H3,(H2,25,26,27,29). The zero-order chi connectivity index (χ0) is 21.1. The van der Waals surface area contributed by atoms with Crippen molar-refractivity contribution >= 4 is 62.1 Å². The zero-order valence-corrected chi connectivity index (χ0v) is 18.2. The number of benzene rings is 3. The molecule has 0 unspecified atom stereocenters. The van der Waals surface area contributed by atoms with Crippen LogP contribution >= 0.6 is 35.2 Å². The first kappa shape index (κ1) is 20.3. The number of hydrogen-bond acceptors (Lipinski definition) is 5. The molecule has 3 aromatic carbocycles. The molecule has 8 heteroatoms. The zero-order valence-electron chi connectivity index (χ0n) is 15.8. The first-order chi connectivity index (χ1) is 14.5. The fraction of sp³-hybridized carbons (Fsp3) is 0.0455. The van der Waals surface area contributed by atoms with Crippen LogP contribution in [-0.4, -0.2) is 23.1 Å². The number of aromatic nitrogens is 1. The lowest BCUT2D eigenvalue weighted by Crippen LogP contribution is -2.34. The van der Waals surface area contributed by atoms with Gasteiger partial charge in [-0.3, -0.25) is 10.1 Å². The van der Waals surface area contributed by atoms with E-state index in [2.05, 4.69) is 15.6 Å². The van der Waals surface area contributed by atoms with Crippen molar-refractivity contribution in [2.75, 3.05) is 12.4 Å². The highest BCUT2D eigenvalue weighted by Gasteiger charge is 2.12. The van der Waals surface area contributed by atoms with Crippen molar-refractivity contribution in [1.82, 2.24) is 10.3 Å². The Balaban J connectivity index is 1.50. The average Bonchev–Trinajstić information content (AvgIpc) is 3.19. The second-order valence-corrected chi connectivity index (χ2v) is 8.16. The quantitative estimate of drug-likeness (QED) is 0.385. The summed E-state index contributed by atoms with van der Waals surface area (Å²) in [5.41, 5.74) is 2.92. The molecule has 0 bridgehead atoms. The van der Waals surface area contributed by atoms with Crippen LogP contribution in [0.5, 0.6) is 5.75 Å². The van der Waals surface area contributed by atoms with Crippen molar-refractivity contribution in [3.05, 3.63) is 77.3 Å². The molecule has 0 aliphatic heterocycles. The van der Waals surface area contributed by atoms with Crippen molar-refractivity contribution in [2.24, 2.45) is 0 Å². The van der Waals surface area contributed by atoms with Gasteiger partial charge in [-0.15, -0.1) is 11.3 Å². The molecule has 0 fully saturated rings. The molecule has 0 aliphatic carbocycles. The number of nitrogens with zero attached hydrogens (tertiary/aromatic N) is 1. The monoisotopic (exact) mass is 453 g/mol. The molecule has 2 N–H and O–H groups in total. The number of para-hydroxylation sites is 1. The first-order valence-corrected chi connectivity index (χ1v) is 10.6. The van der Waals surface area contributed by atoms with E-state index in [0.29, 0.717) is 22.0 Å². The molecule has 150 valence electrons. The lowest BCUT2D eigenvalue weighted by molar-refractivity contribution is 0.0977. The highest BCUT2D eigenvalue weighted by molar-refractivity contribution is 7.80. The van der Waals surface area contributed by atoms with Gasteiger partial charge in [0.05, 0.1) is 28.0 Å². The summed E-state index contributed by atoms with van der Waals surface area (Å²) in [5, 5.41) is 7.17. The number of fused-ring (bicyclic) bond motifs is 1. The largest absolute Gasteiger partial charge is 0.497 e. The number of carbonyl (C=O) groups is 1. The molecule has 1 heterocycles. The molecule has 30 heavy (non-hydrogen) atoms. The van der Waals surface area contributed by atoms with Gasteiger partial charge in [0.15, 0.2) is 5.11 Å². The van der Waals surface area contributed by atoms with Crippen molar-refractivity contribution in [3.63, 3.8) is 0 Å². The number of thiocarbonyl (C=S) groups is 1. The summed E-state index contributed by atoms with van der Waals surface area (Å²) >= 11 is 13.2. The normalized spacial score (nSPS) is 10.6. The SMILES string of the molecule is COc1ccc(C(=O)NC(=S)Nc2cc(-c3nc4ccccc4s3)ccc2Cl)cc1. The number of methoxy groups -OCH3 is 1. The molecule has 0 atom stereocenters. The molecule has 0 saturated heterocycles. The highest BCUT2D eigenvalue weighted by Crippen LogP contribution is 2.33. The number of amides is 1. The van der Waals surface area contributed by atoms with E-state index < -0.39 is 0 Å². The Morgan fingerprint density at radius 3 is 2.60 bits per heavy atom. The van der Waals surface area contributed by atoms with E-state index in [9.17, 15) is 4.79 Å². The van der Waals surface area contributed by atoms with Crippen molar-refractivity contribution < 1.29 is 9.53 Å². The summed E-state index contributed by atoms with van der Waals surface area (Å²) in [6.07, 6.45) is 0. The lowest BCUT2D eigenvalue weighted by Gasteiger charge is -2.12. The van der Waals surface area contributed by atoms with Gasteiger partial charge >= 0.3 is 0 Å². The smallest absolute Gasteiger partial charge is 0.257 e. The number of ether oxygens (including phenoxy) is 1. The number of anilines is 1. The minimum absolute atomic E-state index is 0.152. The van der Waals surface area contributed by atoms with Gasteiger partial charge in [-0.1, -0.05) is 29.8 Å². The molecule has 4 aromatic rings. The Labute approximate surface area is 187 Å². The molecular formula is C22H16ClN3O2S2. The van der Waals surface area contributed by atoms with Crippen LogP contribution in [0.25, 0.3) is 20.8 Å². The number of nitrogens with one attached hydrogen (secondary N) is 2. The average molecular weight is 454 g/mol. The van der Waals surface area contributed by atoms with Crippen LogP contribution in [0.1, 0.15) is 10.4 Å². The van der Waals surface area contributed by atoms with Gasteiger partial charge in [0.2, 0.25) is 0 Å². The second-order valence-electron chi connectivity index (χ2n) is 6.32. The number of rotatable bonds is 4. The summed E-state index contributed by atoms with van der Waals surface area (Å²) < 4.78 is 6.21. The van der Waals surface area contributed by atoms with Gasteiger partial charge < -0.3 is 10.1 Å². The summed E-state index contributed by atoms with van der Waals surface area (Å²) in [6, 6.07) is 20.3. The Kier molecular flexibility index (Phi) is 5.94. The molecule has 4 rings (SSSR count). The van der Waals surface area contributed by atoms with E-state index in [1.54, 1.807) is 48.8 Å². The van der Waals surface area contributed by atoms with Gasteiger partial charge in [-0.05, 0) is 60.7 Å². The van der Waals surface area contributed by atoms with Gasteiger partial charge in [-0.2, -0.15) is 0 Å². The summed E-state index contributed by atoms with van der Waals surface area (Å²) in [6.45, 7) is 0. The fourth-order valence-electron chi connectivity index (χ4n) is 2.82. The van der Waals surface area contributed by atoms with Crippen molar-refractivity contribution in [2.45, 2.75) is 0 Å². The van der Waals surface area contributed by atoms with Crippen LogP contribution in [-0.2, 0) is 0 Å². The van der Waals surface area contributed by atoms with Crippen LogP contribution < -0.4 is 15.4 Å². The molecule has 0 radical (unpaired) electrons. The lowest BCUT2D eigenvalue weighted by atomic mass is 10.2. The molecule has 0 saturated carbocycles. The van der Waals surface area contributed by atoms with Gasteiger partial charge in [0, 0.05) is 11.1 Å². The van der Waals surface area contributed by atoms with Crippen LogP contribution in [0.2, 0.25) is 5.02 Å².